The lowest BCUT2D eigenvalue weighted by atomic mass is 10.2. The number of rotatable bonds is 6. The van der Waals surface area contributed by atoms with Gasteiger partial charge >= 0.3 is 0 Å². The molecule has 0 N–H and O–H groups in total. The van der Waals surface area contributed by atoms with Crippen LogP contribution in [0.25, 0.3) is 11.3 Å². The van der Waals surface area contributed by atoms with Crippen LogP contribution in [-0.4, -0.2) is 59.8 Å². The molecule has 32 heavy (non-hydrogen) atoms. The molecule has 0 atom stereocenters. The summed E-state index contributed by atoms with van der Waals surface area (Å²) < 4.78 is 50.9. The van der Waals surface area contributed by atoms with Crippen molar-refractivity contribution < 1.29 is 26.5 Å². The first kappa shape index (κ1) is 22.2. The maximum atomic E-state index is 13.1. The van der Waals surface area contributed by atoms with Gasteiger partial charge in [-0.1, -0.05) is 5.16 Å². The Morgan fingerprint density at radius 2 is 1.81 bits per heavy atom. The van der Waals surface area contributed by atoms with E-state index in [4.69, 9.17) is 8.94 Å². The summed E-state index contributed by atoms with van der Waals surface area (Å²) in [6.45, 7) is 4.16. The van der Waals surface area contributed by atoms with Crippen molar-refractivity contribution in [3.8, 4) is 11.3 Å². The van der Waals surface area contributed by atoms with Gasteiger partial charge in [-0.05, 0) is 38.1 Å². The molecular weight excluding hydrogens is 439 g/mol. The first-order valence-corrected chi connectivity index (χ1v) is 11.6. The minimum Gasteiger partial charge on any atom is -0.441 e. The predicted molar refractivity (Wildman–Crippen MR) is 112 cm³/mol. The molecule has 3 aromatic rings. The van der Waals surface area contributed by atoms with Crippen molar-refractivity contribution in [2.45, 2.75) is 31.6 Å². The average molecular weight is 463 g/mol. The zero-order valence-electron chi connectivity index (χ0n) is 17.7. The van der Waals surface area contributed by atoms with Gasteiger partial charge in [0.1, 0.15) is 16.4 Å². The van der Waals surface area contributed by atoms with E-state index in [0.717, 1.165) is 0 Å². The van der Waals surface area contributed by atoms with Crippen molar-refractivity contribution in [3.63, 3.8) is 0 Å². The number of sulfonamides is 1. The normalized spacial score (nSPS) is 15.3. The van der Waals surface area contributed by atoms with Crippen molar-refractivity contribution in [1.29, 1.82) is 0 Å². The summed E-state index contributed by atoms with van der Waals surface area (Å²) in [5, 5.41) is 3.72. The largest absolute Gasteiger partial charge is 0.441 e. The number of carbonyl (C=O) groups is 1. The van der Waals surface area contributed by atoms with Crippen molar-refractivity contribution >= 4 is 15.9 Å². The van der Waals surface area contributed by atoms with Gasteiger partial charge in [0.15, 0.2) is 17.4 Å². The van der Waals surface area contributed by atoms with Gasteiger partial charge in [0, 0.05) is 44.6 Å². The molecule has 11 heteroatoms. The quantitative estimate of drug-likeness (QED) is 0.554. The second kappa shape index (κ2) is 8.83. The van der Waals surface area contributed by atoms with Gasteiger partial charge in [0.25, 0.3) is 0 Å². The Bertz CT molecular complexity index is 1190. The van der Waals surface area contributed by atoms with Crippen LogP contribution in [-0.2, 0) is 21.2 Å². The van der Waals surface area contributed by atoms with Crippen molar-refractivity contribution in [2.75, 3.05) is 26.2 Å². The minimum absolute atomic E-state index is 0.0955. The summed E-state index contributed by atoms with van der Waals surface area (Å²) in [7, 11) is -3.72. The number of halogens is 1. The van der Waals surface area contributed by atoms with Crippen LogP contribution >= 0.6 is 0 Å². The highest BCUT2D eigenvalue weighted by Gasteiger charge is 2.34. The Kier molecular flexibility index (Phi) is 6.11. The van der Waals surface area contributed by atoms with Gasteiger partial charge in [0.2, 0.25) is 15.9 Å². The Balaban J connectivity index is 1.31. The number of hydrogen-bond donors (Lipinski definition) is 0. The lowest BCUT2D eigenvalue weighted by Gasteiger charge is -2.33. The first-order chi connectivity index (χ1) is 15.3. The molecule has 2 aromatic heterocycles. The third kappa shape index (κ3) is 4.44. The van der Waals surface area contributed by atoms with E-state index in [9.17, 15) is 17.6 Å². The van der Waals surface area contributed by atoms with Crippen molar-refractivity contribution in [2.24, 2.45) is 0 Å². The van der Waals surface area contributed by atoms with E-state index in [-0.39, 0.29) is 41.9 Å². The van der Waals surface area contributed by atoms with Crippen molar-refractivity contribution in [3.05, 3.63) is 53.6 Å². The molecular formula is C21H23FN4O5S. The van der Waals surface area contributed by atoms with Gasteiger partial charge in [-0.15, -0.1) is 0 Å². The smallest absolute Gasteiger partial charge is 0.248 e. The Labute approximate surface area is 184 Å². The van der Waals surface area contributed by atoms with Crippen LogP contribution < -0.4 is 0 Å². The number of carbonyl (C=O) groups excluding carboxylic acids is 1. The number of benzene rings is 1. The number of amides is 1. The molecule has 0 bridgehead atoms. The molecule has 1 fully saturated rings. The highest BCUT2D eigenvalue weighted by Crippen LogP contribution is 2.25. The molecule has 0 aliphatic carbocycles. The number of piperazine rings is 1. The number of aromatic nitrogens is 2. The van der Waals surface area contributed by atoms with Crippen LogP contribution in [0, 0.1) is 19.7 Å². The van der Waals surface area contributed by atoms with Crippen LogP contribution in [0.1, 0.15) is 23.8 Å². The highest BCUT2D eigenvalue weighted by molar-refractivity contribution is 7.89. The van der Waals surface area contributed by atoms with Gasteiger partial charge in [-0.25, -0.2) is 17.8 Å². The maximum absolute atomic E-state index is 13.1. The molecule has 1 amide bonds. The van der Waals surface area contributed by atoms with Gasteiger partial charge in [-0.3, -0.25) is 4.79 Å². The lowest BCUT2D eigenvalue weighted by molar-refractivity contribution is -0.132. The molecule has 170 valence electrons. The third-order valence-corrected chi connectivity index (χ3v) is 7.54. The SMILES string of the molecule is Cc1noc(C)c1S(=O)(=O)N1CCN(C(=O)CCc2ncc(-c3ccc(F)cc3)o2)CC1. The van der Waals surface area contributed by atoms with Gasteiger partial charge in [0.05, 0.1) is 6.20 Å². The van der Waals surface area contributed by atoms with Crippen molar-refractivity contribution in [1.82, 2.24) is 19.3 Å². The topological polar surface area (TPSA) is 110 Å². The van der Waals surface area contributed by atoms with Crippen LogP contribution in [0.5, 0.6) is 0 Å². The van der Waals surface area contributed by atoms with Crippen LogP contribution in [0.2, 0.25) is 0 Å². The van der Waals surface area contributed by atoms with E-state index >= 15 is 0 Å². The second-order valence-corrected chi connectivity index (χ2v) is 9.44. The first-order valence-electron chi connectivity index (χ1n) is 10.2. The van der Waals surface area contributed by atoms with Crippen LogP contribution in [0.3, 0.4) is 0 Å². The second-order valence-electron chi connectivity index (χ2n) is 7.56. The highest BCUT2D eigenvalue weighted by atomic mass is 32.2. The Morgan fingerprint density at radius 3 is 2.44 bits per heavy atom. The van der Waals surface area contributed by atoms with E-state index in [1.54, 1.807) is 37.1 Å². The summed E-state index contributed by atoms with van der Waals surface area (Å²) >= 11 is 0. The molecule has 0 saturated carbocycles. The molecule has 1 aromatic carbocycles. The summed E-state index contributed by atoms with van der Waals surface area (Å²) in [6.07, 6.45) is 2.06. The van der Waals surface area contributed by atoms with E-state index in [2.05, 4.69) is 10.1 Å². The zero-order chi connectivity index (χ0) is 22.9. The lowest BCUT2D eigenvalue weighted by Crippen LogP contribution is -2.50. The number of oxazole rings is 1. The maximum Gasteiger partial charge on any atom is 0.248 e. The monoisotopic (exact) mass is 462 g/mol. The number of nitrogens with zero attached hydrogens (tertiary/aromatic N) is 4. The van der Waals surface area contributed by atoms with Gasteiger partial charge < -0.3 is 13.8 Å². The predicted octanol–water partition coefficient (Wildman–Crippen LogP) is 2.55. The molecule has 0 spiro atoms. The summed E-state index contributed by atoms with van der Waals surface area (Å²) in [5.74, 6) is 0.745. The molecule has 0 radical (unpaired) electrons. The molecule has 9 nitrogen and oxygen atoms in total. The number of hydrogen-bond acceptors (Lipinski definition) is 7. The van der Waals surface area contributed by atoms with Gasteiger partial charge in [-0.2, -0.15) is 4.31 Å². The fraction of sp³-hybridized carbons (Fsp3) is 0.381. The van der Waals surface area contributed by atoms with E-state index in [0.29, 0.717) is 42.4 Å². The van der Waals surface area contributed by atoms with E-state index in [1.165, 1.54) is 16.4 Å². The molecule has 1 saturated heterocycles. The average Bonchev–Trinajstić information content (AvgIpc) is 3.39. The van der Waals surface area contributed by atoms with Crippen LogP contribution in [0.4, 0.5) is 4.39 Å². The minimum atomic E-state index is -3.72. The Morgan fingerprint density at radius 1 is 1.12 bits per heavy atom. The summed E-state index contributed by atoms with van der Waals surface area (Å²) in [4.78, 5) is 18.5. The summed E-state index contributed by atoms with van der Waals surface area (Å²) in [5.41, 5.74) is 1.03. The fourth-order valence-electron chi connectivity index (χ4n) is 3.70. The standard InChI is InChI=1S/C21H23FN4O5S/c1-14-21(15(2)31-24-14)32(28,29)26-11-9-25(10-12-26)20(27)8-7-19-23-13-18(30-19)16-3-5-17(22)6-4-16/h3-6,13H,7-12H2,1-2H3. The summed E-state index contributed by atoms with van der Waals surface area (Å²) in [6, 6.07) is 5.88. The molecule has 4 rings (SSSR count). The number of aryl methyl sites for hydroxylation is 3. The van der Waals surface area contributed by atoms with Crippen LogP contribution in [0.15, 0.2) is 44.3 Å². The zero-order valence-corrected chi connectivity index (χ0v) is 18.6. The fourth-order valence-corrected chi connectivity index (χ4v) is 5.41. The third-order valence-electron chi connectivity index (χ3n) is 5.39. The molecule has 1 aliphatic heterocycles. The van der Waals surface area contributed by atoms with E-state index in [1.807, 2.05) is 0 Å². The van der Waals surface area contributed by atoms with E-state index < -0.39 is 10.0 Å². The molecule has 3 heterocycles. The Hall–Kier alpha value is -3.05. The molecule has 1 aliphatic rings. The molecule has 0 unspecified atom stereocenters.